The SMILES string of the molecule is O=c1[nH][nH]c(=CCc2ccccc2)c1=Cc1c[nH]c2ccccc12. The van der Waals surface area contributed by atoms with Gasteiger partial charge in [-0.3, -0.25) is 15.0 Å². The lowest BCUT2D eigenvalue weighted by Gasteiger charge is -1.93. The van der Waals surface area contributed by atoms with Crippen molar-refractivity contribution in [3.05, 3.63) is 92.8 Å². The van der Waals surface area contributed by atoms with Gasteiger partial charge in [0.25, 0.3) is 5.56 Å². The summed E-state index contributed by atoms with van der Waals surface area (Å²) < 4.78 is 0. The van der Waals surface area contributed by atoms with Crippen molar-refractivity contribution in [3.8, 4) is 0 Å². The second-order valence-corrected chi connectivity index (χ2v) is 5.73. The molecule has 4 heteroatoms. The van der Waals surface area contributed by atoms with Crippen molar-refractivity contribution in [2.45, 2.75) is 6.42 Å². The van der Waals surface area contributed by atoms with E-state index in [9.17, 15) is 4.79 Å². The first kappa shape index (κ1) is 14.3. The summed E-state index contributed by atoms with van der Waals surface area (Å²) in [6.07, 6.45) is 6.65. The molecule has 4 aromatic rings. The summed E-state index contributed by atoms with van der Waals surface area (Å²) >= 11 is 0. The fourth-order valence-electron chi connectivity index (χ4n) is 2.89. The molecule has 24 heavy (non-hydrogen) atoms. The summed E-state index contributed by atoms with van der Waals surface area (Å²) in [6, 6.07) is 18.2. The van der Waals surface area contributed by atoms with Crippen LogP contribution in [0.1, 0.15) is 11.1 Å². The van der Waals surface area contributed by atoms with E-state index >= 15 is 0 Å². The van der Waals surface area contributed by atoms with Crippen molar-refractivity contribution in [2.75, 3.05) is 0 Å². The molecule has 0 aliphatic heterocycles. The number of aromatic amines is 3. The molecule has 0 aliphatic carbocycles. The Morgan fingerprint density at radius 2 is 1.71 bits per heavy atom. The highest BCUT2D eigenvalue weighted by molar-refractivity contribution is 5.88. The van der Waals surface area contributed by atoms with Gasteiger partial charge in [0.15, 0.2) is 0 Å². The van der Waals surface area contributed by atoms with Gasteiger partial charge in [-0.1, -0.05) is 54.6 Å². The largest absolute Gasteiger partial charge is 0.361 e. The van der Waals surface area contributed by atoms with Gasteiger partial charge in [0.1, 0.15) is 0 Å². The van der Waals surface area contributed by atoms with E-state index in [1.54, 1.807) is 0 Å². The van der Waals surface area contributed by atoms with Gasteiger partial charge in [0.2, 0.25) is 0 Å². The van der Waals surface area contributed by atoms with Crippen LogP contribution < -0.4 is 16.1 Å². The number of benzene rings is 2. The molecule has 0 unspecified atom stereocenters. The number of aromatic nitrogens is 3. The Morgan fingerprint density at radius 3 is 2.58 bits per heavy atom. The monoisotopic (exact) mass is 315 g/mol. The minimum Gasteiger partial charge on any atom is -0.361 e. The molecule has 0 aliphatic rings. The van der Waals surface area contributed by atoms with Gasteiger partial charge in [0.05, 0.1) is 10.6 Å². The first-order valence-electron chi connectivity index (χ1n) is 7.90. The van der Waals surface area contributed by atoms with Crippen molar-refractivity contribution >= 4 is 23.1 Å². The molecule has 0 saturated heterocycles. The van der Waals surface area contributed by atoms with E-state index in [2.05, 4.69) is 27.3 Å². The van der Waals surface area contributed by atoms with E-state index in [0.717, 1.165) is 28.2 Å². The third kappa shape index (κ3) is 2.70. The normalized spacial score (nSPS) is 13.0. The summed E-state index contributed by atoms with van der Waals surface area (Å²) in [5, 5.41) is 8.22. The van der Waals surface area contributed by atoms with Crippen molar-refractivity contribution in [3.63, 3.8) is 0 Å². The van der Waals surface area contributed by atoms with Gasteiger partial charge in [-0.05, 0) is 24.1 Å². The second-order valence-electron chi connectivity index (χ2n) is 5.73. The van der Waals surface area contributed by atoms with Gasteiger partial charge in [-0.2, -0.15) is 0 Å². The zero-order valence-corrected chi connectivity index (χ0v) is 13.0. The Hall–Kier alpha value is -3.27. The highest BCUT2D eigenvalue weighted by atomic mass is 16.1. The zero-order valence-electron chi connectivity index (χ0n) is 13.0. The molecule has 0 fully saturated rings. The number of hydrogen-bond donors (Lipinski definition) is 3. The Bertz CT molecular complexity index is 1150. The Kier molecular flexibility index (Phi) is 3.63. The number of H-pyrrole nitrogens is 3. The van der Waals surface area contributed by atoms with Gasteiger partial charge in [0, 0.05) is 22.7 Å². The molecular weight excluding hydrogens is 298 g/mol. The molecule has 4 nitrogen and oxygen atoms in total. The molecule has 0 bridgehead atoms. The van der Waals surface area contributed by atoms with E-state index in [0.29, 0.717) is 5.22 Å². The van der Waals surface area contributed by atoms with E-state index < -0.39 is 0 Å². The number of fused-ring (bicyclic) bond motifs is 1. The summed E-state index contributed by atoms with van der Waals surface area (Å²) in [4.78, 5) is 15.4. The summed E-state index contributed by atoms with van der Waals surface area (Å²) in [5.41, 5.74) is 3.16. The fourth-order valence-corrected chi connectivity index (χ4v) is 2.89. The van der Waals surface area contributed by atoms with E-state index in [4.69, 9.17) is 0 Å². The van der Waals surface area contributed by atoms with Crippen molar-refractivity contribution in [1.29, 1.82) is 0 Å². The van der Waals surface area contributed by atoms with Crippen molar-refractivity contribution in [1.82, 2.24) is 15.2 Å². The zero-order chi connectivity index (χ0) is 16.4. The number of rotatable bonds is 3. The van der Waals surface area contributed by atoms with Crippen LogP contribution in [0.4, 0.5) is 0 Å². The molecule has 2 aromatic carbocycles. The second kappa shape index (κ2) is 6.08. The molecule has 0 radical (unpaired) electrons. The molecule has 4 rings (SSSR count). The maximum absolute atomic E-state index is 12.2. The molecular formula is C20H17N3O. The lowest BCUT2D eigenvalue weighted by molar-refractivity contribution is 1.03. The molecule has 2 heterocycles. The van der Waals surface area contributed by atoms with E-state index in [1.807, 2.05) is 60.8 Å². The fraction of sp³-hybridized carbons (Fsp3) is 0.0500. The highest BCUT2D eigenvalue weighted by Crippen LogP contribution is 2.17. The Morgan fingerprint density at radius 1 is 0.917 bits per heavy atom. The molecule has 3 N–H and O–H groups in total. The third-order valence-electron chi connectivity index (χ3n) is 4.15. The standard InChI is InChI=1S/C20H17N3O/c24-20-17(12-15-13-21-18-9-5-4-8-16(15)18)19(22-23-20)11-10-14-6-2-1-3-7-14/h1-9,11-13,21-22H,10H2,(H,23,24). The molecule has 118 valence electrons. The minimum atomic E-state index is -0.111. The van der Waals surface area contributed by atoms with Crippen molar-refractivity contribution < 1.29 is 0 Å². The number of para-hydroxylation sites is 1. The van der Waals surface area contributed by atoms with Crippen LogP contribution in [-0.2, 0) is 6.42 Å². The third-order valence-corrected chi connectivity index (χ3v) is 4.15. The van der Waals surface area contributed by atoms with Crippen LogP contribution in [0.25, 0.3) is 23.1 Å². The first-order valence-corrected chi connectivity index (χ1v) is 7.90. The maximum Gasteiger partial charge on any atom is 0.271 e. The van der Waals surface area contributed by atoms with Crippen LogP contribution >= 0.6 is 0 Å². The Balaban J connectivity index is 1.81. The van der Waals surface area contributed by atoms with Crippen LogP contribution in [0.5, 0.6) is 0 Å². The van der Waals surface area contributed by atoms with Crippen molar-refractivity contribution in [2.24, 2.45) is 0 Å². The Labute approximate surface area is 138 Å². The number of hydrogen-bond acceptors (Lipinski definition) is 1. The lowest BCUT2D eigenvalue weighted by Crippen LogP contribution is -2.33. The molecule has 0 amide bonds. The lowest BCUT2D eigenvalue weighted by atomic mass is 10.1. The van der Waals surface area contributed by atoms with Gasteiger partial charge >= 0.3 is 0 Å². The van der Waals surface area contributed by atoms with E-state index in [-0.39, 0.29) is 5.56 Å². The maximum atomic E-state index is 12.2. The first-order chi connectivity index (χ1) is 11.8. The van der Waals surface area contributed by atoms with Crippen LogP contribution in [0.15, 0.2) is 65.6 Å². The average Bonchev–Trinajstić information content (AvgIpc) is 3.19. The number of nitrogens with one attached hydrogen (secondary N) is 3. The quantitative estimate of drug-likeness (QED) is 0.532. The van der Waals surface area contributed by atoms with Crippen LogP contribution in [-0.4, -0.2) is 15.2 Å². The smallest absolute Gasteiger partial charge is 0.271 e. The summed E-state index contributed by atoms with van der Waals surface area (Å²) in [7, 11) is 0. The van der Waals surface area contributed by atoms with Gasteiger partial charge < -0.3 is 4.98 Å². The molecule has 0 atom stereocenters. The summed E-state index contributed by atoms with van der Waals surface area (Å²) in [6.45, 7) is 0. The molecule has 2 aromatic heterocycles. The average molecular weight is 315 g/mol. The topological polar surface area (TPSA) is 64.4 Å². The van der Waals surface area contributed by atoms with Gasteiger partial charge in [-0.15, -0.1) is 0 Å². The predicted molar refractivity (Wildman–Crippen MR) is 97.1 cm³/mol. The minimum absolute atomic E-state index is 0.111. The molecule has 0 saturated carbocycles. The van der Waals surface area contributed by atoms with Crippen LogP contribution in [0.3, 0.4) is 0 Å². The van der Waals surface area contributed by atoms with Gasteiger partial charge in [-0.25, -0.2) is 0 Å². The molecule has 0 spiro atoms. The van der Waals surface area contributed by atoms with Crippen LogP contribution in [0.2, 0.25) is 0 Å². The van der Waals surface area contributed by atoms with Crippen LogP contribution in [0, 0.1) is 0 Å². The van der Waals surface area contributed by atoms with E-state index in [1.165, 1.54) is 5.56 Å². The predicted octanol–water partition coefficient (Wildman–Crippen LogP) is 2.04. The highest BCUT2D eigenvalue weighted by Gasteiger charge is 2.02. The summed E-state index contributed by atoms with van der Waals surface area (Å²) in [5.74, 6) is 0.